The summed E-state index contributed by atoms with van der Waals surface area (Å²) in [5.74, 6) is -1.49. The van der Waals surface area contributed by atoms with Crippen LogP contribution in [0, 0.1) is 23.0 Å². The largest absolute Gasteiger partial charge is 0.206 e. The Kier molecular flexibility index (Phi) is 2.43. The smallest absolute Gasteiger partial charge is 0.134 e. The molecule has 0 aromatic heterocycles. The number of benzene rings is 1. The van der Waals surface area contributed by atoms with Gasteiger partial charge >= 0.3 is 0 Å². The summed E-state index contributed by atoms with van der Waals surface area (Å²) in [6, 6.07) is 3.65. The van der Waals surface area contributed by atoms with Gasteiger partial charge < -0.3 is 0 Å². The first-order chi connectivity index (χ1) is 6.06. The van der Waals surface area contributed by atoms with Gasteiger partial charge in [0.1, 0.15) is 11.6 Å². The summed E-state index contributed by atoms with van der Waals surface area (Å²) >= 11 is 0. The van der Waals surface area contributed by atoms with Crippen molar-refractivity contribution >= 4 is 5.57 Å². The molecule has 0 saturated carbocycles. The number of nitrogens with zero attached hydrogens (tertiary/aromatic N) is 1. The van der Waals surface area contributed by atoms with Crippen molar-refractivity contribution < 1.29 is 8.78 Å². The van der Waals surface area contributed by atoms with Crippen LogP contribution in [0.25, 0.3) is 5.57 Å². The fraction of sp³-hybridized carbons (Fsp3) is 0.100. The summed E-state index contributed by atoms with van der Waals surface area (Å²) in [7, 11) is 0. The molecular weight excluding hydrogens is 172 g/mol. The van der Waals surface area contributed by atoms with Gasteiger partial charge in [0, 0.05) is 5.56 Å². The summed E-state index contributed by atoms with van der Waals surface area (Å²) in [6.45, 7) is 4.95. The van der Waals surface area contributed by atoms with Gasteiger partial charge in [0.15, 0.2) is 0 Å². The Morgan fingerprint density at radius 2 is 1.85 bits per heavy atom. The van der Waals surface area contributed by atoms with E-state index in [1.165, 1.54) is 6.92 Å². The van der Waals surface area contributed by atoms with Crippen LogP contribution < -0.4 is 0 Å². The molecule has 0 aliphatic carbocycles. The Morgan fingerprint density at radius 1 is 1.38 bits per heavy atom. The van der Waals surface area contributed by atoms with E-state index in [1.54, 1.807) is 6.07 Å². The fourth-order valence-corrected chi connectivity index (χ4v) is 1.05. The average molecular weight is 179 g/mol. The average Bonchev–Trinajstić information content (AvgIpc) is 2.02. The van der Waals surface area contributed by atoms with Crippen molar-refractivity contribution in [2.45, 2.75) is 6.92 Å². The molecular formula is C10H7F2N. The van der Waals surface area contributed by atoms with Gasteiger partial charge in [-0.25, -0.2) is 8.78 Å². The molecule has 1 rings (SSSR count). The number of hydrogen-bond acceptors (Lipinski definition) is 1. The van der Waals surface area contributed by atoms with Gasteiger partial charge in [-0.1, -0.05) is 6.58 Å². The molecule has 3 heteroatoms. The van der Waals surface area contributed by atoms with Crippen LogP contribution in [0.5, 0.6) is 0 Å². The monoisotopic (exact) mass is 179 g/mol. The van der Waals surface area contributed by atoms with Gasteiger partial charge in [-0.3, -0.25) is 0 Å². The first-order valence-electron chi connectivity index (χ1n) is 3.61. The van der Waals surface area contributed by atoms with E-state index in [4.69, 9.17) is 5.26 Å². The van der Waals surface area contributed by atoms with Crippen molar-refractivity contribution in [3.63, 3.8) is 0 Å². The fourth-order valence-electron chi connectivity index (χ4n) is 1.05. The highest BCUT2D eigenvalue weighted by molar-refractivity contribution is 5.63. The molecule has 0 amide bonds. The molecule has 0 aliphatic heterocycles. The summed E-state index contributed by atoms with van der Waals surface area (Å²) in [5, 5.41) is 8.41. The zero-order valence-electron chi connectivity index (χ0n) is 7.06. The Hall–Kier alpha value is -1.69. The van der Waals surface area contributed by atoms with Crippen molar-refractivity contribution in [1.29, 1.82) is 5.26 Å². The lowest BCUT2D eigenvalue weighted by Gasteiger charge is -2.03. The lowest BCUT2D eigenvalue weighted by atomic mass is 10.1. The first-order valence-corrected chi connectivity index (χ1v) is 3.61. The molecule has 0 radical (unpaired) electrons. The van der Waals surface area contributed by atoms with Crippen molar-refractivity contribution in [1.82, 2.24) is 0 Å². The Labute approximate surface area is 74.9 Å². The molecule has 1 aromatic carbocycles. The highest BCUT2D eigenvalue weighted by Gasteiger charge is 2.10. The summed E-state index contributed by atoms with van der Waals surface area (Å²) < 4.78 is 26.2. The van der Waals surface area contributed by atoms with E-state index in [0.717, 1.165) is 12.1 Å². The van der Waals surface area contributed by atoms with Crippen LogP contribution >= 0.6 is 0 Å². The van der Waals surface area contributed by atoms with E-state index in [2.05, 4.69) is 6.58 Å². The van der Waals surface area contributed by atoms with E-state index in [9.17, 15) is 8.78 Å². The summed E-state index contributed by atoms with van der Waals surface area (Å²) in [4.78, 5) is 0. The van der Waals surface area contributed by atoms with E-state index in [0.29, 0.717) is 5.57 Å². The molecule has 0 unspecified atom stereocenters. The molecule has 0 fully saturated rings. The topological polar surface area (TPSA) is 23.8 Å². The third kappa shape index (κ3) is 1.73. The maximum atomic E-state index is 13.1. The Bertz CT molecular complexity index is 379. The third-order valence-corrected chi connectivity index (χ3v) is 1.60. The Balaban J connectivity index is 3.42. The van der Waals surface area contributed by atoms with Gasteiger partial charge in [0.25, 0.3) is 0 Å². The lowest BCUT2D eigenvalue weighted by Crippen LogP contribution is -1.93. The zero-order valence-corrected chi connectivity index (χ0v) is 7.06. The molecule has 0 aliphatic rings. The van der Waals surface area contributed by atoms with Crippen LogP contribution in [-0.2, 0) is 0 Å². The second-order valence-electron chi connectivity index (χ2n) is 2.71. The minimum absolute atomic E-state index is 0.0278. The van der Waals surface area contributed by atoms with Crippen molar-refractivity contribution in [2.24, 2.45) is 0 Å². The molecule has 0 atom stereocenters. The molecule has 0 N–H and O–H groups in total. The second kappa shape index (κ2) is 3.36. The van der Waals surface area contributed by atoms with Gasteiger partial charge in [0.05, 0.1) is 11.6 Å². The number of nitriles is 1. The predicted octanol–water partition coefficient (Wildman–Crippen LogP) is 2.87. The van der Waals surface area contributed by atoms with Crippen LogP contribution in [0.2, 0.25) is 0 Å². The number of allylic oxidation sites excluding steroid dienone is 1. The van der Waals surface area contributed by atoms with Gasteiger partial charge in [0.2, 0.25) is 0 Å². The minimum atomic E-state index is -0.746. The van der Waals surface area contributed by atoms with Crippen LogP contribution in [0.4, 0.5) is 8.78 Å². The normalized spacial score (nSPS) is 9.38. The van der Waals surface area contributed by atoms with E-state index in [-0.39, 0.29) is 11.1 Å². The highest BCUT2D eigenvalue weighted by atomic mass is 19.1. The summed E-state index contributed by atoms with van der Waals surface area (Å²) in [5.41, 5.74) is 0.124. The quantitative estimate of drug-likeness (QED) is 0.650. The molecule has 0 heterocycles. The van der Waals surface area contributed by atoms with Crippen LogP contribution in [0.15, 0.2) is 18.7 Å². The second-order valence-corrected chi connectivity index (χ2v) is 2.71. The number of hydrogen-bond donors (Lipinski definition) is 0. The molecule has 0 spiro atoms. The van der Waals surface area contributed by atoms with Crippen LogP contribution in [0.1, 0.15) is 18.1 Å². The van der Waals surface area contributed by atoms with E-state index < -0.39 is 11.6 Å². The molecule has 66 valence electrons. The third-order valence-electron chi connectivity index (χ3n) is 1.60. The molecule has 0 saturated heterocycles. The van der Waals surface area contributed by atoms with Crippen molar-refractivity contribution in [3.8, 4) is 6.07 Å². The van der Waals surface area contributed by atoms with Crippen molar-refractivity contribution in [3.05, 3.63) is 41.5 Å². The minimum Gasteiger partial charge on any atom is -0.206 e. The molecule has 13 heavy (non-hydrogen) atoms. The molecule has 1 nitrogen and oxygen atoms in total. The zero-order chi connectivity index (χ0) is 10.0. The van der Waals surface area contributed by atoms with Crippen molar-refractivity contribution in [2.75, 3.05) is 0 Å². The highest BCUT2D eigenvalue weighted by Crippen LogP contribution is 2.21. The maximum Gasteiger partial charge on any atom is 0.134 e. The SMILES string of the molecule is C=C(C)c1c(F)cc(C#N)cc1F. The van der Waals surface area contributed by atoms with Crippen LogP contribution in [0.3, 0.4) is 0 Å². The number of rotatable bonds is 1. The van der Waals surface area contributed by atoms with Gasteiger partial charge in [-0.05, 0) is 24.6 Å². The Morgan fingerprint density at radius 3 is 2.15 bits per heavy atom. The number of halogens is 2. The first kappa shape index (κ1) is 9.40. The predicted molar refractivity (Wildman–Crippen MR) is 45.8 cm³/mol. The van der Waals surface area contributed by atoms with Gasteiger partial charge in [-0.15, -0.1) is 0 Å². The standard InChI is InChI=1S/C10H7F2N/c1-6(2)10-8(11)3-7(5-13)4-9(10)12/h3-4H,1H2,2H3. The van der Waals surface area contributed by atoms with Gasteiger partial charge in [-0.2, -0.15) is 5.26 Å². The maximum absolute atomic E-state index is 13.1. The van der Waals surface area contributed by atoms with Crippen LogP contribution in [-0.4, -0.2) is 0 Å². The summed E-state index contributed by atoms with van der Waals surface area (Å²) in [6.07, 6.45) is 0. The van der Waals surface area contributed by atoms with E-state index >= 15 is 0 Å². The molecule has 0 bridgehead atoms. The van der Waals surface area contributed by atoms with E-state index in [1.807, 2.05) is 0 Å². The lowest BCUT2D eigenvalue weighted by molar-refractivity contribution is 0.576. The molecule has 1 aromatic rings.